The Morgan fingerprint density at radius 2 is 1.94 bits per heavy atom. The molecule has 4 unspecified atom stereocenters. The van der Waals surface area contributed by atoms with Gasteiger partial charge in [0.1, 0.15) is 18.8 Å². The van der Waals surface area contributed by atoms with Crippen LogP contribution in [0.3, 0.4) is 0 Å². The first kappa shape index (κ1) is 27.2. The van der Waals surface area contributed by atoms with E-state index in [1.165, 1.54) is 6.08 Å². The van der Waals surface area contributed by atoms with Crippen LogP contribution in [0.4, 0.5) is 0 Å². The number of aliphatic hydroxyl groups is 3. The van der Waals surface area contributed by atoms with Gasteiger partial charge in [-0.1, -0.05) is 24.3 Å². The van der Waals surface area contributed by atoms with Gasteiger partial charge in [0.2, 0.25) is 0 Å². The number of carbonyl (C=O) groups excluding carboxylic acids is 3. The first-order valence-electron chi connectivity index (χ1n) is 11.0. The molecular formula is C25H32O9. The Morgan fingerprint density at radius 1 is 1.24 bits per heavy atom. The highest BCUT2D eigenvalue weighted by molar-refractivity contribution is 5.93. The molecule has 2 aliphatic rings. The standard InChI is InChI=1S/C25H32O9/c1-5-17(13-32-24(30)18(12-27)8-9-26)25(31)34-20-10-14(2)6-7-19(28)15(3)11-21-22(20)16(4)23(29)33-21/h5-6,8,11,19-22,26-28H,4,7,9-10,12-13H2,1-3H3. The van der Waals surface area contributed by atoms with E-state index in [-0.39, 0.29) is 23.1 Å². The van der Waals surface area contributed by atoms with E-state index in [4.69, 9.17) is 19.3 Å². The minimum absolute atomic E-state index is 0.0583. The SMILES string of the molecule is C=C1C(=O)OC2C=C(C)C(O)CC=C(C)CC(OC(=O)C(=CC)COC(=O)C(=CCO)CO)C12. The summed E-state index contributed by atoms with van der Waals surface area (Å²) in [6.07, 6.45) is 4.44. The highest BCUT2D eigenvalue weighted by Gasteiger charge is 2.44. The van der Waals surface area contributed by atoms with Gasteiger partial charge in [-0.3, -0.25) is 0 Å². The predicted molar refractivity (Wildman–Crippen MR) is 122 cm³/mol. The summed E-state index contributed by atoms with van der Waals surface area (Å²) in [5.41, 5.74) is 1.58. The fraction of sp³-hybridized carbons (Fsp3) is 0.480. The summed E-state index contributed by atoms with van der Waals surface area (Å²) in [5, 5.41) is 28.5. The van der Waals surface area contributed by atoms with Crippen LogP contribution in [-0.2, 0) is 28.6 Å². The summed E-state index contributed by atoms with van der Waals surface area (Å²) in [6, 6.07) is 0. The van der Waals surface area contributed by atoms with Gasteiger partial charge in [0.05, 0.1) is 36.4 Å². The van der Waals surface area contributed by atoms with Crippen LogP contribution in [0.15, 0.2) is 58.7 Å². The Balaban J connectivity index is 2.24. The third-order valence-corrected chi connectivity index (χ3v) is 5.83. The average Bonchev–Trinajstić information content (AvgIpc) is 3.07. The van der Waals surface area contributed by atoms with Crippen molar-refractivity contribution in [3.63, 3.8) is 0 Å². The van der Waals surface area contributed by atoms with Crippen LogP contribution in [0.2, 0.25) is 0 Å². The minimum Gasteiger partial charge on any atom is -0.458 e. The molecule has 0 aromatic carbocycles. The number of hydrogen-bond donors (Lipinski definition) is 3. The van der Waals surface area contributed by atoms with Crippen molar-refractivity contribution in [2.45, 2.75) is 51.9 Å². The van der Waals surface area contributed by atoms with Crippen LogP contribution in [-0.4, -0.2) is 71.4 Å². The first-order valence-corrected chi connectivity index (χ1v) is 11.0. The zero-order valence-electron chi connectivity index (χ0n) is 19.7. The van der Waals surface area contributed by atoms with Crippen LogP contribution in [0.25, 0.3) is 0 Å². The van der Waals surface area contributed by atoms with Gasteiger partial charge in [-0.15, -0.1) is 0 Å². The molecule has 0 radical (unpaired) electrons. The van der Waals surface area contributed by atoms with Crippen LogP contribution < -0.4 is 0 Å². The maximum Gasteiger partial charge on any atom is 0.337 e. The molecule has 0 saturated carbocycles. The van der Waals surface area contributed by atoms with Gasteiger partial charge >= 0.3 is 17.9 Å². The Morgan fingerprint density at radius 3 is 2.56 bits per heavy atom. The first-order chi connectivity index (χ1) is 16.1. The quantitative estimate of drug-likeness (QED) is 0.215. The van der Waals surface area contributed by atoms with E-state index >= 15 is 0 Å². The summed E-state index contributed by atoms with van der Waals surface area (Å²) >= 11 is 0. The number of ether oxygens (including phenoxy) is 3. The highest BCUT2D eigenvalue weighted by atomic mass is 16.6. The summed E-state index contributed by atoms with van der Waals surface area (Å²) in [4.78, 5) is 37.3. The molecule has 9 heteroatoms. The fourth-order valence-electron chi connectivity index (χ4n) is 3.72. The molecule has 1 heterocycles. The predicted octanol–water partition coefficient (Wildman–Crippen LogP) is 1.44. The summed E-state index contributed by atoms with van der Waals surface area (Å²) in [6.45, 7) is 7.51. The second-order valence-corrected chi connectivity index (χ2v) is 8.24. The number of hydrogen-bond acceptors (Lipinski definition) is 9. The number of aliphatic hydroxyl groups excluding tert-OH is 3. The lowest BCUT2D eigenvalue weighted by molar-refractivity contribution is -0.148. The molecule has 9 nitrogen and oxygen atoms in total. The number of allylic oxidation sites excluding steroid dienone is 1. The number of carbonyl (C=O) groups is 3. The molecule has 0 amide bonds. The van der Waals surface area contributed by atoms with Crippen molar-refractivity contribution in [3.8, 4) is 0 Å². The smallest absolute Gasteiger partial charge is 0.337 e. The van der Waals surface area contributed by atoms with E-state index in [1.54, 1.807) is 19.9 Å². The van der Waals surface area contributed by atoms with E-state index in [9.17, 15) is 24.6 Å². The maximum absolute atomic E-state index is 13.0. The summed E-state index contributed by atoms with van der Waals surface area (Å²) < 4.78 is 16.3. The molecule has 1 aliphatic heterocycles. The van der Waals surface area contributed by atoms with Crippen molar-refractivity contribution in [2.75, 3.05) is 19.8 Å². The third-order valence-electron chi connectivity index (χ3n) is 5.83. The van der Waals surface area contributed by atoms with Crippen LogP contribution in [0, 0.1) is 5.92 Å². The van der Waals surface area contributed by atoms with Gasteiger partial charge in [0.25, 0.3) is 0 Å². The van der Waals surface area contributed by atoms with Crippen molar-refractivity contribution in [1.29, 1.82) is 0 Å². The third kappa shape index (κ3) is 6.75. The van der Waals surface area contributed by atoms with Crippen molar-refractivity contribution >= 4 is 17.9 Å². The van der Waals surface area contributed by atoms with E-state index in [0.717, 1.165) is 11.6 Å². The Kier molecular flexibility index (Phi) is 9.97. The van der Waals surface area contributed by atoms with Crippen molar-refractivity contribution in [1.82, 2.24) is 0 Å². The average molecular weight is 477 g/mol. The molecule has 186 valence electrons. The topological polar surface area (TPSA) is 140 Å². The maximum atomic E-state index is 13.0. The molecule has 2 rings (SSSR count). The number of esters is 3. The second-order valence-electron chi connectivity index (χ2n) is 8.24. The van der Waals surface area contributed by atoms with Crippen molar-refractivity contribution in [2.24, 2.45) is 5.92 Å². The fourth-order valence-corrected chi connectivity index (χ4v) is 3.72. The normalized spacial score (nSPS) is 26.2. The lowest BCUT2D eigenvalue weighted by atomic mass is 9.85. The van der Waals surface area contributed by atoms with Gasteiger partial charge in [0, 0.05) is 12.0 Å². The van der Waals surface area contributed by atoms with Gasteiger partial charge < -0.3 is 29.5 Å². The molecule has 1 saturated heterocycles. The van der Waals surface area contributed by atoms with Gasteiger partial charge in [-0.05, 0) is 44.9 Å². The van der Waals surface area contributed by atoms with Gasteiger partial charge in [-0.2, -0.15) is 0 Å². The number of fused-ring (bicyclic) bond motifs is 1. The number of rotatable bonds is 7. The van der Waals surface area contributed by atoms with Crippen LogP contribution in [0.5, 0.6) is 0 Å². The molecule has 0 aromatic heterocycles. The highest BCUT2D eigenvalue weighted by Crippen LogP contribution is 2.36. The zero-order valence-corrected chi connectivity index (χ0v) is 19.7. The second kappa shape index (κ2) is 12.5. The Labute approximate surface area is 198 Å². The summed E-state index contributed by atoms with van der Waals surface area (Å²) in [7, 11) is 0. The van der Waals surface area contributed by atoms with Gasteiger partial charge in [0.15, 0.2) is 0 Å². The molecule has 1 fully saturated rings. The monoisotopic (exact) mass is 476 g/mol. The molecule has 1 aliphatic carbocycles. The van der Waals surface area contributed by atoms with Crippen LogP contribution in [0.1, 0.15) is 33.6 Å². The van der Waals surface area contributed by atoms with E-state index < -0.39 is 62.0 Å². The largest absolute Gasteiger partial charge is 0.458 e. The van der Waals surface area contributed by atoms with E-state index in [1.807, 2.05) is 13.0 Å². The Hall–Kier alpha value is -3.01. The Bertz CT molecular complexity index is 938. The molecule has 0 bridgehead atoms. The zero-order chi connectivity index (χ0) is 25.4. The van der Waals surface area contributed by atoms with Crippen LogP contribution >= 0.6 is 0 Å². The van der Waals surface area contributed by atoms with Crippen molar-refractivity contribution in [3.05, 3.63) is 58.7 Å². The van der Waals surface area contributed by atoms with Gasteiger partial charge in [-0.25, -0.2) is 14.4 Å². The molecule has 34 heavy (non-hydrogen) atoms. The lowest BCUT2D eigenvalue weighted by Gasteiger charge is -2.28. The minimum atomic E-state index is -0.872. The molecule has 4 atom stereocenters. The lowest BCUT2D eigenvalue weighted by Crippen LogP contribution is -2.34. The molecule has 0 spiro atoms. The molecular weight excluding hydrogens is 444 g/mol. The summed E-state index contributed by atoms with van der Waals surface area (Å²) in [5.74, 6) is -2.87. The van der Waals surface area contributed by atoms with E-state index in [0.29, 0.717) is 12.0 Å². The van der Waals surface area contributed by atoms with E-state index in [2.05, 4.69) is 6.58 Å². The molecule has 0 aromatic rings. The van der Waals surface area contributed by atoms with Crippen molar-refractivity contribution < 1.29 is 43.9 Å². The molecule has 3 N–H and O–H groups in total.